The molecule has 0 aromatic rings. The first-order valence-electron chi connectivity index (χ1n) is 12.6. The van der Waals surface area contributed by atoms with Crippen molar-refractivity contribution in [1.82, 2.24) is 5.32 Å². The number of hydrogen-bond acceptors (Lipinski definition) is 2. The monoisotopic (exact) mass is 395 g/mol. The van der Waals surface area contributed by atoms with Crippen LogP contribution in [0.5, 0.6) is 0 Å². The SMILES string of the molecule is CCCCC(CC)N[C@@H](C[C@@H](C)C[C@@H](C)C[C@@H](C)CC)C(=O)C(CC)CCC. The third-order valence-electron chi connectivity index (χ3n) is 6.66. The largest absolute Gasteiger partial charge is 0.305 e. The predicted molar refractivity (Wildman–Crippen MR) is 126 cm³/mol. The summed E-state index contributed by atoms with van der Waals surface area (Å²) in [5.74, 6) is 2.88. The zero-order valence-corrected chi connectivity index (χ0v) is 20.7. The third kappa shape index (κ3) is 11.6. The molecule has 0 saturated carbocycles. The molecule has 0 aliphatic rings. The standard InChI is InChI=1S/C26H53NO/c1-9-14-16-24(13-5)27-25(26(28)23(12-4)15-10-2)19-22(8)18-21(7)17-20(6)11-3/h20-25,27H,9-19H2,1-8H3/t20-,21-,22-,23?,24?,25-/m0/s1. The molecule has 1 N–H and O–H groups in total. The van der Waals surface area contributed by atoms with Crippen molar-refractivity contribution in [3.8, 4) is 0 Å². The van der Waals surface area contributed by atoms with Gasteiger partial charge in [-0.2, -0.15) is 0 Å². The van der Waals surface area contributed by atoms with Gasteiger partial charge in [0.15, 0.2) is 5.78 Å². The van der Waals surface area contributed by atoms with Crippen molar-refractivity contribution in [2.24, 2.45) is 23.7 Å². The van der Waals surface area contributed by atoms with Crippen molar-refractivity contribution in [2.75, 3.05) is 0 Å². The molecule has 0 fully saturated rings. The molecule has 6 atom stereocenters. The lowest BCUT2D eigenvalue weighted by molar-refractivity contribution is -0.126. The number of rotatable bonds is 18. The van der Waals surface area contributed by atoms with Crippen LogP contribution in [0.4, 0.5) is 0 Å². The van der Waals surface area contributed by atoms with Gasteiger partial charge in [-0.15, -0.1) is 0 Å². The van der Waals surface area contributed by atoms with E-state index >= 15 is 0 Å². The number of carbonyl (C=O) groups excluding carboxylic acids is 1. The maximum absolute atomic E-state index is 13.4. The van der Waals surface area contributed by atoms with Crippen molar-refractivity contribution < 1.29 is 4.79 Å². The summed E-state index contributed by atoms with van der Waals surface area (Å²) in [6.07, 6.45) is 12.7. The van der Waals surface area contributed by atoms with Crippen LogP contribution in [-0.4, -0.2) is 17.9 Å². The summed E-state index contributed by atoms with van der Waals surface area (Å²) in [4.78, 5) is 13.4. The van der Waals surface area contributed by atoms with Crippen LogP contribution < -0.4 is 5.32 Å². The second-order valence-corrected chi connectivity index (χ2v) is 9.69. The molecule has 0 aromatic carbocycles. The van der Waals surface area contributed by atoms with Gasteiger partial charge in [0.1, 0.15) is 0 Å². The Morgan fingerprint density at radius 3 is 1.82 bits per heavy atom. The van der Waals surface area contributed by atoms with Crippen molar-refractivity contribution >= 4 is 5.78 Å². The van der Waals surface area contributed by atoms with Gasteiger partial charge < -0.3 is 5.32 Å². The van der Waals surface area contributed by atoms with Crippen LogP contribution in [0.1, 0.15) is 126 Å². The maximum atomic E-state index is 13.4. The third-order valence-corrected chi connectivity index (χ3v) is 6.66. The number of carbonyl (C=O) groups is 1. The average Bonchev–Trinajstić information content (AvgIpc) is 2.67. The molecule has 2 unspecified atom stereocenters. The molecule has 0 aliphatic heterocycles. The molecule has 0 aliphatic carbocycles. The van der Waals surface area contributed by atoms with Crippen LogP contribution in [-0.2, 0) is 4.79 Å². The first-order chi connectivity index (χ1) is 13.3. The summed E-state index contributed by atoms with van der Waals surface area (Å²) < 4.78 is 0. The van der Waals surface area contributed by atoms with Gasteiger partial charge in [0.25, 0.3) is 0 Å². The summed E-state index contributed by atoms with van der Waals surface area (Å²) in [6.45, 7) is 18.3. The van der Waals surface area contributed by atoms with E-state index in [1.165, 1.54) is 38.5 Å². The second-order valence-electron chi connectivity index (χ2n) is 9.69. The van der Waals surface area contributed by atoms with E-state index in [-0.39, 0.29) is 12.0 Å². The summed E-state index contributed by atoms with van der Waals surface area (Å²) >= 11 is 0. The lowest BCUT2D eigenvalue weighted by atomic mass is 9.82. The fraction of sp³-hybridized carbons (Fsp3) is 0.962. The average molecular weight is 396 g/mol. The molecule has 0 radical (unpaired) electrons. The van der Waals surface area contributed by atoms with Gasteiger partial charge in [0.05, 0.1) is 6.04 Å². The summed E-state index contributed by atoms with van der Waals surface area (Å²) in [5, 5.41) is 3.82. The summed E-state index contributed by atoms with van der Waals surface area (Å²) in [6, 6.07) is 0.530. The van der Waals surface area contributed by atoms with Gasteiger partial charge >= 0.3 is 0 Å². The Morgan fingerprint density at radius 1 is 0.714 bits per heavy atom. The summed E-state index contributed by atoms with van der Waals surface area (Å²) in [7, 11) is 0. The Balaban J connectivity index is 5.06. The van der Waals surface area contributed by atoms with E-state index < -0.39 is 0 Å². The molecule has 28 heavy (non-hydrogen) atoms. The lowest BCUT2D eigenvalue weighted by Gasteiger charge is -2.30. The Labute approximate surface area is 178 Å². The molecule has 168 valence electrons. The molecule has 0 heterocycles. The molecule has 2 nitrogen and oxygen atoms in total. The topological polar surface area (TPSA) is 29.1 Å². The maximum Gasteiger partial charge on any atom is 0.152 e. The molecule has 0 bridgehead atoms. The fourth-order valence-corrected chi connectivity index (χ4v) is 4.72. The van der Waals surface area contributed by atoms with Crippen LogP contribution in [0.25, 0.3) is 0 Å². The van der Waals surface area contributed by atoms with Gasteiger partial charge in [0.2, 0.25) is 0 Å². The van der Waals surface area contributed by atoms with E-state index in [0.29, 0.717) is 17.7 Å². The molecular weight excluding hydrogens is 342 g/mol. The van der Waals surface area contributed by atoms with Crippen molar-refractivity contribution in [1.29, 1.82) is 0 Å². The van der Waals surface area contributed by atoms with Crippen molar-refractivity contribution in [3.63, 3.8) is 0 Å². The first kappa shape index (κ1) is 27.6. The highest BCUT2D eigenvalue weighted by atomic mass is 16.1. The Kier molecular flexibility index (Phi) is 16.2. The molecule has 0 spiro atoms. The molecule has 0 amide bonds. The predicted octanol–water partition coefficient (Wildman–Crippen LogP) is 7.80. The van der Waals surface area contributed by atoms with Crippen LogP contribution in [0, 0.1) is 23.7 Å². The number of hydrogen-bond donors (Lipinski definition) is 1. The highest BCUT2D eigenvalue weighted by Gasteiger charge is 2.28. The molecule has 0 aromatic heterocycles. The minimum atomic E-state index is 0.0455. The first-order valence-corrected chi connectivity index (χ1v) is 12.6. The minimum absolute atomic E-state index is 0.0455. The van der Waals surface area contributed by atoms with Crippen LogP contribution in [0.3, 0.4) is 0 Å². The number of unbranched alkanes of at least 4 members (excludes halogenated alkanes) is 1. The normalized spacial score (nSPS) is 18.3. The smallest absolute Gasteiger partial charge is 0.152 e. The molecule has 0 saturated heterocycles. The quantitative estimate of drug-likeness (QED) is 0.256. The zero-order valence-electron chi connectivity index (χ0n) is 20.7. The van der Waals surface area contributed by atoms with E-state index in [9.17, 15) is 4.79 Å². The number of ketones is 1. The van der Waals surface area contributed by atoms with Crippen LogP contribution in [0.2, 0.25) is 0 Å². The van der Waals surface area contributed by atoms with E-state index in [4.69, 9.17) is 0 Å². The lowest BCUT2D eigenvalue weighted by Crippen LogP contribution is -2.46. The minimum Gasteiger partial charge on any atom is -0.305 e. The number of Topliss-reactive ketones (excluding diaryl/α,β-unsaturated/α-hetero) is 1. The number of nitrogens with one attached hydrogen (secondary N) is 1. The molecule has 0 rings (SSSR count). The van der Waals surface area contributed by atoms with E-state index in [1.807, 2.05) is 0 Å². The molecular formula is C26H53NO. The molecule has 2 heteroatoms. The highest BCUT2D eigenvalue weighted by molar-refractivity contribution is 5.86. The van der Waals surface area contributed by atoms with E-state index in [2.05, 4.69) is 60.7 Å². The van der Waals surface area contributed by atoms with Gasteiger partial charge in [0, 0.05) is 12.0 Å². The zero-order chi connectivity index (χ0) is 21.5. The fourth-order valence-electron chi connectivity index (χ4n) is 4.72. The van der Waals surface area contributed by atoms with Crippen LogP contribution >= 0.6 is 0 Å². The Bertz CT molecular complexity index is 381. The van der Waals surface area contributed by atoms with Crippen molar-refractivity contribution in [2.45, 2.75) is 138 Å². The highest BCUT2D eigenvalue weighted by Crippen LogP contribution is 2.26. The second kappa shape index (κ2) is 16.4. The van der Waals surface area contributed by atoms with Gasteiger partial charge in [-0.1, -0.05) is 81.1 Å². The van der Waals surface area contributed by atoms with E-state index in [1.54, 1.807) is 0 Å². The van der Waals surface area contributed by atoms with Gasteiger partial charge in [-0.3, -0.25) is 4.79 Å². The van der Waals surface area contributed by atoms with E-state index in [0.717, 1.165) is 43.9 Å². The summed E-state index contributed by atoms with van der Waals surface area (Å²) in [5.41, 5.74) is 0. The Hall–Kier alpha value is -0.370. The van der Waals surface area contributed by atoms with Gasteiger partial charge in [-0.05, 0) is 62.7 Å². The van der Waals surface area contributed by atoms with Crippen LogP contribution in [0.15, 0.2) is 0 Å². The van der Waals surface area contributed by atoms with Gasteiger partial charge in [-0.25, -0.2) is 0 Å². The Morgan fingerprint density at radius 2 is 1.32 bits per heavy atom. The van der Waals surface area contributed by atoms with Crippen molar-refractivity contribution in [3.05, 3.63) is 0 Å².